The van der Waals surface area contributed by atoms with Gasteiger partial charge in [0.05, 0.1) is 6.61 Å². The topological polar surface area (TPSA) is 77.2 Å². The summed E-state index contributed by atoms with van der Waals surface area (Å²) in [5, 5.41) is 3.27. The number of rotatable bonds is 6. The molecule has 1 rings (SSSR count). The van der Waals surface area contributed by atoms with Crippen LogP contribution >= 0.6 is 0 Å². The maximum absolute atomic E-state index is 10.8. The molecule has 0 aliphatic carbocycles. The minimum atomic E-state index is -0.507. The molecule has 0 fully saturated rings. The largest absolute Gasteiger partial charge is 0.383 e. The summed E-state index contributed by atoms with van der Waals surface area (Å²) in [4.78, 5) is 14.7. The van der Waals surface area contributed by atoms with Crippen molar-refractivity contribution in [2.45, 2.75) is 19.5 Å². The molecule has 0 bridgehead atoms. The van der Waals surface area contributed by atoms with E-state index in [1.54, 1.807) is 19.4 Å². The van der Waals surface area contributed by atoms with Gasteiger partial charge in [-0.25, -0.2) is 0 Å². The van der Waals surface area contributed by atoms with Gasteiger partial charge in [0, 0.05) is 25.9 Å². The molecule has 1 aromatic heterocycles. The molecular weight excluding hydrogens is 206 g/mol. The maximum atomic E-state index is 10.8. The van der Waals surface area contributed by atoms with Crippen molar-refractivity contribution in [1.82, 2.24) is 10.3 Å². The van der Waals surface area contributed by atoms with Gasteiger partial charge >= 0.3 is 0 Å². The van der Waals surface area contributed by atoms with Gasteiger partial charge in [-0.15, -0.1) is 0 Å². The van der Waals surface area contributed by atoms with Crippen LogP contribution in [0.3, 0.4) is 0 Å². The third kappa shape index (κ3) is 3.96. The van der Waals surface area contributed by atoms with Crippen molar-refractivity contribution < 1.29 is 9.53 Å². The van der Waals surface area contributed by atoms with Gasteiger partial charge in [0.15, 0.2) is 0 Å². The van der Waals surface area contributed by atoms with E-state index in [0.29, 0.717) is 13.2 Å². The molecule has 1 atom stereocenters. The van der Waals surface area contributed by atoms with Crippen molar-refractivity contribution in [2.75, 3.05) is 13.7 Å². The van der Waals surface area contributed by atoms with E-state index < -0.39 is 5.91 Å². The number of pyridine rings is 1. The van der Waals surface area contributed by atoms with Gasteiger partial charge in [-0.05, 0) is 18.6 Å². The van der Waals surface area contributed by atoms with Crippen LogP contribution in [0.5, 0.6) is 0 Å². The van der Waals surface area contributed by atoms with Gasteiger partial charge in [0.2, 0.25) is 0 Å². The molecule has 5 nitrogen and oxygen atoms in total. The van der Waals surface area contributed by atoms with Gasteiger partial charge in [-0.3, -0.25) is 9.78 Å². The number of methoxy groups -OCH3 is 1. The predicted octanol–water partition coefficient (Wildman–Crippen LogP) is 0.305. The average Bonchev–Trinajstić information content (AvgIpc) is 2.27. The van der Waals surface area contributed by atoms with Crippen LogP contribution in [0.25, 0.3) is 0 Å². The summed E-state index contributed by atoms with van der Waals surface area (Å²) < 4.78 is 5.00. The van der Waals surface area contributed by atoms with Crippen molar-refractivity contribution in [1.29, 1.82) is 0 Å². The Bertz CT molecular complexity index is 338. The van der Waals surface area contributed by atoms with Gasteiger partial charge in [-0.2, -0.15) is 0 Å². The summed E-state index contributed by atoms with van der Waals surface area (Å²) in [5.74, 6) is -0.507. The summed E-state index contributed by atoms with van der Waals surface area (Å²) in [6, 6.07) is 3.74. The third-order valence-corrected chi connectivity index (χ3v) is 2.15. The Balaban J connectivity index is 2.46. The highest BCUT2D eigenvalue weighted by Gasteiger charge is 2.03. The Morgan fingerprint density at radius 2 is 2.38 bits per heavy atom. The van der Waals surface area contributed by atoms with Crippen molar-refractivity contribution in [3.63, 3.8) is 0 Å². The number of aromatic nitrogens is 1. The Morgan fingerprint density at radius 3 is 2.88 bits per heavy atom. The quantitative estimate of drug-likeness (QED) is 0.727. The van der Waals surface area contributed by atoms with E-state index in [-0.39, 0.29) is 11.7 Å². The van der Waals surface area contributed by atoms with Crippen molar-refractivity contribution in [3.8, 4) is 0 Å². The molecule has 0 aliphatic rings. The molecule has 3 N–H and O–H groups in total. The highest BCUT2D eigenvalue weighted by Crippen LogP contribution is 2.00. The maximum Gasteiger partial charge on any atom is 0.267 e. The zero-order chi connectivity index (χ0) is 12.0. The Hall–Kier alpha value is -1.46. The number of amides is 1. The summed E-state index contributed by atoms with van der Waals surface area (Å²) in [6.07, 6.45) is 1.65. The normalized spacial score (nSPS) is 12.4. The summed E-state index contributed by atoms with van der Waals surface area (Å²) in [7, 11) is 1.67. The number of hydrogen-bond acceptors (Lipinski definition) is 4. The predicted molar refractivity (Wildman–Crippen MR) is 60.9 cm³/mol. The fraction of sp³-hybridized carbons (Fsp3) is 0.455. The first-order valence-electron chi connectivity index (χ1n) is 5.10. The number of carbonyl (C=O) groups excluding carboxylic acids is 1. The summed E-state index contributed by atoms with van der Waals surface area (Å²) in [5.41, 5.74) is 6.39. The fourth-order valence-electron chi connectivity index (χ4n) is 1.28. The van der Waals surface area contributed by atoms with Gasteiger partial charge in [0.25, 0.3) is 5.91 Å². The number of primary amides is 1. The molecular formula is C11H17N3O2. The molecule has 5 heteroatoms. The summed E-state index contributed by atoms with van der Waals surface area (Å²) >= 11 is 0. The van der Waals surface area contributed by atoms with Crippen LogP contribution in [0, 0.1) is 0 Å². The minimum Gasteiger partial charge on any atom is -0.383 e. The second-order valence-electron chi connectivity index (χ2n) is 3.65. The number of hydrogen-bond donors (Lipinski definition) is 2. The molecule has 88 valence electrons. The molecule has 0 aliphatic heterocycles. The SMILES string of the molecule is COCC(C)NCc1ccc(C(N)=O)nc1. The first-order valence-corrected chi connectivity index (χ1v) is 5.10. The smallest absolute Gasteiger partial charge is 0.267 e. The van der Waals surface area contributed by atoms with Crippen molar-refractivity contribution >= 4 is 5.91 Å². The second-order valence-corrected chi connectivity index (χ2v) is 3.65. The molecule has 1 amide bonds. The van der Waals surface area contributed by atoms with Crippen LogP contribution in [-0.4, -0.2) is 30.6 Å². The number of nitrogens with one attached hydrogen (secondary N) is 1. The molecule has 0 saturated heterocycles. The lowest BCUT2D eigenvalue weighted by Gasteiger charge is -2.12. The fourth-order valence-corrected chi connectivity index (χ4v) is 1.28. The molecule has 0 saturated carbocycles. The molecule has 0 aromatic carbocycles. The molecule has 16 heavy (non-hydrogen) atoms. The zero-order valence-corrected chi connectivity index (χ0v) is 9.56. The Labute approximate surface area is 95.0 Å². The van der Waals surface area contributed by atoms with E-state index in [0.717, 1.165) is 5.56 Å². The average molecular weight is 223 g/mol. The van der Waals surface area contributed by atoms with Crippen LogP contribution < -0.4 is 11.1 Å². The molecule has 0 radical (unpaired) electrons. The standard InChI is InChI=1S/C11H17N3O2/c1-8(7-16-2)13-5-9-3-4-10(11(12)15)14-6-9/h3-4,6,8,13H,5,7H2,1-2H3,(H2,12,15). The van der Waals surface area contributed by atoms with Crippen LogP contribution in [0.4, 0.5) is 0 Å². The molecule has 1 aromatic rings. The lowest BCUT2D eigenvalue weighted by Crippen LogP contribution is -2.29. The number of nitrogens with zero attached hydrogens (tertiary/aromatic N) is 1. The van der Waals surface area contributed by atoms with Gasteiger partial charge < -0.3 is 15.8 Å². The highest BCUT2D eigenvalue weighted by atomic mass is 16.5. The second kappa shape index (κ2) is 6.19. The van der Waals surface area contributed by atoms with Crippen LogP contribution in [-0.2, 0) is 11.3 Å². The highest BCUT2D eigenvalue weighted by molar-refractivity contribution is 5.90. The van der Waals surface area contributed by atoms with Crippen LogP contribution in [0.15, 0.2) is 18.3 Å². The van der Waals surface area contributed by atoms with Crippen LogP contribution in [0.2, 0.25) is 0 Å². The zero-order valence-electron chi connectivity index (χ0n) is 9.56. The monoisotopic (exact) mass is 223 g/mol. The molecule has 0 spiro atoms. The van der Waals surface area contributed by atoms with E-state index in [2.05, 4.69) is 10.3 Å². The number of nitrogens with two attached hydrogens (primary N) is 1. The van der Waals surface area contributed by atoms with Gasteiger partial charge in [0.1, 0.15) is 5.69 Å². The van der Waals surface area contributed by atoms with E-state index in [4.69, 9.17) is 10.5 Å². The molecule has 1 unspecified atom stereocenters. The van der Waals surface area contributed by atoms with Gasteiger partial charge in [-0.1, -0.05) is 6.07 Å². The number of carbonyl (C=O) groups is 1. The minimum absolute atomic E-state index is 0.279. The Kier molecular flexibility index (Phi) is 4.88. The molecule has 1 heterocycles. The van der Waals surface area contributed by atoms with E-state index in [1.807, 2.05) is 13.0 Å². The Morgan fingerprint density at radius 1 is 1.62 bits per heavy atom. The first-order chi connectivity index (χ1) is 7.63. The summed E-state index contributed by atoms with van der Waals surface area (Å²) in [6.45, 7) is 3.39. The van der Waals surface area contributed by atoms with Crippen molar-refractivity contribution in [3.05, 3.63) is 29.6 Å². The van der Waals surface area contributed by atoms with E-state index in [9.17, 15) is 4.79 Å². The van der Waals surface area contributed by atoms with Crippen LogP contribution in [0.1, 0.15) is 23.0 Å². The first kappa shape index (κ1) is 12.6. The van der Waals surface area contributed by atoms with E-state index >= 15 is 0 Å². The van der Waals surface area contributed by atoms with Crippen molar-refractivity contribution in [2.24, 2.45) is 5.73 Å². The lowest BCUT2D eigenvalue weighted by atomic mass is 10.2. The lowest BCUT2D eigenvalue weighted by molar-refractivity contribution is 0.0995. The van der Waals surface area contributed by atoms with E-state index in [1.165, 1.54) is 0 Å². The third-order valence-electron chi connectivity index (χ3n) is 2.15. The number of ether oxygens (including phenoxy) is 1.